The van der Waals surface area contributed by atoms with E-state index in [1.54, 1.807) is 0 Å². The molecule has 0 aliphatic carbocycles. The summed E-state index contributed by atoms with van der Waals surface area (Å²) in [6, 6.07) is 10.1. The van der Waals surface area contributed by atoms with E-state index < -0.39 is 0 Å². The number of ketones is 1. The van der Waals surface area contributed by atoms with Gasteiger partial charge >= 0.3 is 0 Å². The monoisotopic (exact) mass is 231 g/mol. The first-order valence-corrected chi connectivity index (χ1v) is 6.51. The van der Waals surface area contributed by atoms with Gasteiger partial charge in [-0.3, -0.25) is 9.69 Å². The predicted octanol–water partition coefficient (Wildman–Crippen LogP) is 2.99. The molecule has 1 fully saturated rings. The van der Waals surface area contributed by atoms with Crippen molar-refractivity contribution in [2.24, 2.45) is 5.92 Å². The Labute approximate surface area is 104 Å². The minimum absolute atomic E-state index is 0.242. The van der Waals surface area contributed by atoms with E-state index in [9.17, 15) is 4.79 Å². The highest BCUT2D eigenvalue weighted by Gasteiger charge is 2.26. The minimum atomic E-state index is 0.242. The number of carbonyl (C=O) groups is 1. The molecule has 1 aromatic carbocycles. The van der Waals surface area contributed by atoms with Crippen LogP contribution in [0.1, 0.15) is 37.0 Å². The normalized spacial score (nSPS) is 25.8. The zero-order valence-corrected chi connectivity index (χ0v) is 10.7. The lowest BCUT2D eigenvalue weighted by molar-refractivity contribution is 0.0779. The van der Waals surface area contributed by atoms with E-state index in [1.165, 1.54) is 12.8 Å². The Bertz CT molecular complexity index is 374. The summed E-state index contributed by atoms with van der Waals surface area (Å²) >= 11 is 0. The molecule has 0 spiro atoms. The van der Waals surface area contributed by atoms with Gasteiger partial charge in [-0.05, 0) is 32.2 Å². The predicted molar refractivity (Wildman–Crippen MR) is 70.2 cm³/mol. The fourth-order valence-corrected chi connectivity index (χ4v) is 2.54. The van der Waals surface area contributed by atoms with Gasteiger partial charge in [0.05, 0.1) is 6.54 Å². The molecule has 0 aromatic heterocycles. The van der Waals surface area contributed by atoms with Gasteiger partial charge < -0.3 is 0 Å². The maximum atomic E-state index is 12.1. The maximum Gasteiger partial charge on any atom is 0.176 e. The molecule has 17 heavy (non-hydrogen) atoms. The van der Waals surface area contributed by atoms with Crippen LogP contribution < -0.4 is 0 Å². The topological polar surface area (TPSA) is 20.3 Å². The summed E-state index contributed by atoms with van der Waals surface area (Å²) in [5, 5.41) is 0. The van der Waals surface area contributed by atoms with Gasteiger partial charge in [-0.25, -0.2) is 0 Å². The molecule has 0 radical (unpaired) electrons. The Balaban J connectivity index is 1.99. The van der Waals surface area contributed by atoms with E-state index in [2.05, 4.69) is 18.7 Å². The van der Waals surface area contributed by atoms with E-state index >= 15 is 0 Å². The average Bonchev–Trinajstić information content (AvgIpc) is 2.36. The van der Waals surface area contributed by atoms with Gasteiger partial charge in [0, 0.05) is 11.6 Å². The van der Waals surface area contributed by atoms with Crippen LogP contribution in [0.2, 0.25) is 0 Å². The fourth-order valence-electron chi connectivity index (χ4n) is 2.54. The molecular formula is C15H21NO. The number of nitrogens with zero attached hydrogens (tertiary/aromatic N) is 1. The third-order valence-corrected chi connectivity index (χ3v) is 3.95. The summed E-state index contributed by atoms with van der Waals surface area (Å²) in [6.45, 7) is 6.14. The Hall–Kier alpha value is -1.15. The van der Waals surface area contributed by atoms with Crippen LogP contribution in [0.15, 0.2) is 30.3 Å². The number of rotatable bonds is 3. The molecule has 1 saturated heterocycles. The third kappa shape index (κ3) is 2.95. The molecule has 1 heterocycles. The molecule has 0 N–H and O–H groups in total. The molecule has 2 rings (SSSR count). The second-order valence-corrected chi connectivity index (χ2v) is 5.12. The number of hydrogen-bond acceptors (Lipinski definition) is 2. The van der Waals surface area contributed by atoms with E-state index in [4.69, 9.17) is 0 Å². The Morgan fingerprint density at radius 3 is 2.71 bits per heavy atom. The Kier molecular flexibility index (Phi) is 3.95. The van der Waals surface area contributed by atoms with Crippen LogP contribution in [0, 0.1) is 5.92 Å². The summed E-state index contributed by atoms with van der Waals surface area (Å²) in [7, 11) is 0. The second-order valence-electron chi connectivity index (χ2n) is 5.12. The van der Waals surface area contributed by atoms with Gasteiger partial charge in [0.25, 0.3) is 0 Å². The molecule has 1 aromatic rings. The van der Waals surface area contributed by atoms with Crippen LogP contribution in [-0.2, 0) is 0 Å². The molecule has 92 valence electrons. The lowest BCUT2D eigenvalue weighted by Gasteiger charge is -2.37. The molecule has 0 amide bonds. The quantitative estimate of drug-likeness (QED) is 0.745. The summed E-state index contributed by atoms with van der Waals surface area (Å²) in [6.07, 6.45) is 2.50. The zero-order valence-electron chi connectivity index (χ0n) is 10.7. The lowest BCUT2D eigenvalue weighted by Crippen LogP contribution is -2.44. The van der Waals surface area contributed by atoms with Crippen molar-refractivity contribution < 1.29 is 4.79 Å². The molecule has 0 bridgehead atoms. The number of hydrogen-bond donors (Lipinski definition) is 0. The molecule has 0 saturated carbocycles. The second kappa shape index (κ2) is 5.46. The van der Waals surface area contributed by atoms with Gasteiger partial charge in [0.2, 0.25) is 0 Å². The van der Waals surface area contributed by atoms with Crippen LogP contribution in [-0.4, -0.2) is 29.8 Å². The molecule has 2 heteroatoms. The molecule has 2 nitrogen and oxygen atoms in total. The number of benzene rings is 1. The highest BCUT2D eigenvalue weighted by Crippen LogP contribution is 2.22. The van der Waals surface area contributed by atoms with Crippen molar-refractivity contribution in [1.82, 2.24) is 4.90 Å². The Morgan fingerprint density at radius 1 is 1.29 bits per heavy atom. The highest BCUT2D eigenvalue weighted by molar-refractivity contribution is 5.97. The van der Waals surface area contributed by atoms with Crippen LogP contribution in [0.4, 0.5) is 0 Å². The summed E-state index contributed by atoms with van der Waals surface area (Å²) < 4.78 is 0. The smallest absolute Gasteiger partial charge is 0.176 e. The van der Waals surface area contributed by atoms with Crippen LogP contribution in [0.5, 0.6) is 0 Å². The number of carbonyl (C=O) groups excluding carboxylic acids is 1. The highest BCUT2D eigenvalue weighted by atomic mass is 16.1. The van der Waals surface area contributed by atoms with Crippen LogP contribution >= 0.6 is 0 Å². The molecule has 2 atom stereocenters. The molecule has 1 aliphatic rings. The van der Waals surface area contributed by atoms with Crippen LogP contribution in [0.3, 0.4) is 0 Å². The Morgan fingerprint density at radius 2 is 2.00 bits per heavy atom. The largest absolute Gasteiger partial charge is 0.293 e. The zero-order chi connectivity index (χ0) is 12.3. The van der Waals surface area contributed by atoms with Crippen LogP contribution in [0.25, 0.3) is 0 Å². The lowest BCUT2D eigenvalue weighted by atomic mass is 9.91. The summed E-state index contributed by atoms with van der Waals surface area (Å²) in [5.74, 6) is 0.943. The number of Topliss-reactive ketones (excluding diaryl/α,β-unsaturated/α-hetero) is 1. The van der Waals surface area contributed by atoms with Crippen molar-refractivity contribution in [2.75, 3.05) is 13.1 Å². The molecule has 1 aliphatic heterocycles. The van der Waals surface area contributed by atoms with Crippen molar-refractivity contribution in [2.45, 2.75) is 32.7 Å². The van der Waals surface area contributed by atoms with Gasteiger partial charge in [0.1, 0.15) is 0 Å². The van der Waals surface area contributed by atoms with E-state index in [0.717, 1.165) is 12.1 Å². The van der Waals surface area contributed by atoms with Crippen molar-refractivity contribution in [1.29, 1.82) is 0 Å². The van der Waals surface area contributed by atoms with Gasteiger partial charge in [0.15, 0.2) is 5.78 Å². The van der Waals surface area contributed by atoms with Gasteiger partial charge in [-0.1, -0.05) is 37.3 Å². The van der Waals surface area contributed by atoms with E-state index in [-0.39, 0.29) is 5.78 Å². The van der Waals surface area contributed by atoms with Gasteiger partial charge in [-0.15, -0.1) is 0 Å². The van der Waals surface area contributed by atoms with Gasteiger partial charge in [-0.2, -0.15) is 0 Å². The van der Waals surface area contributed by atoms with Crippen molar-refractivity contribution in [3.8, 4) is 0 Å². The van der Waals surface area contributed by atoms with Crippen molar-refractivity contribution >= 4 is 5.78 Å². The number of likely N-dealkylation sites (tertiary alicyclic amines) is 1. The summed E-state index contributed by atoms with van der Waals surface area (Å²) in [5.41, 5.74) is 0.831. The molecule has 2 unspecified atom stereocenters. The van der Waals surface area contributed by atoms with Crippen molar-refractivity contribution in [3.63, 3.8) is 0 Å². The first-order chi connectivity index (χ1) is 8.18. The average molecular weight is 231 g/mol. The first kappa shape index (κ1) is 12.3. The fraction of sp³-hybridized carbons (Fsp3) is 0.533. The minimum Gasteiger partial charge on any atom is -0.293 e. The van der Waals surface area contributed by atoms with E-state index in [0.29, 0.717) is 18.5 Å². The standard InChI is InChI=1S/C15H21NO/c1-12-7-6-10-16(13(12)2)11-15(17)14-8-4-3-5-9-14/h3-5,8-9,12-13H,6-7,10-11H2,1-2H3. The SMILES string of the molecule is CC1CCCN(CC(=O)c2ccccc2)C1C. The van der Waals surface area contributed by atoms with Crippen molar-refractivity contribution in [3.05, 3.63) is 35.9 Å². The maximum absolute atomic E-state index is 12.1. The number of piperidine rings is 1. The van der Waals surface area contributed by atoms with E-state index in [1.807, 2.05) is 30.3 Å². The molecular weight excluding hydrogens is 210 g/mol. The third-order valence-electron chi connectivity index (χ3n) is 3.95. The summed E-state index contributed by atoms with van der Waals surface area (Å²) in [4.78, 5) is 14.4. The first-order valence-electron chi connectivity index (χ1n) is 6.51.